The zero-order valence-electron chi connectivity index (χ0n) is 13.0. The van der Waals surface area contributed by atoms with Gasteiger partial charge in [0.2, 0.25) is 0 Å². The van der Waals surface area contributed by atoms with E-state index in [1.165, 1.54) is 11.3 Å². The molecule has 0 radical (unpaired) electrons. The summed E-state index contributed by atoms with van der Waals surface area (Å²) in [5.74, 6) is 0. The fraction of sp³-hybridized carbons (Fsp3) is 0. The molecule has 0 aliphatic carbocycles. The van der Waals surface area contributed by atoms with Crippen molar-refractivity contribution in [1.82, 2.24) is 4.98 Å². The number of nitrogens with zero attached hydrogens (tertiary/aromatic N) is 2. The van der Waals surface area contributed by atoms with Gasteiger partial charge in [0.25, 0.3) is 0 Å². The lowest BCUT2D eigenvalue weighted by Gasteiger charge is -2.00. The Morgan fingerprint density at radius 3 is 2.64 bits per heavy atom. The summed E-state index contributed by atoms with van der Waals surface area (Å²) < 4.78 is 0. The Morgan fingerprint density at radius 1 is 1.12 bits per heavy atom. The largest absolute Gasteiger partial charge is 0.235 e. The van der Waals surface area contributed by atoms with Gasteiger partial charge < -0.3 is 0 Å². The fourth-order valence-electron chi connectivity index (χ4n) is 2.19. The van der Waals surface area contributed by atoms with Crippen LogP contribution >= 0.6 is 34.5 Å². The van der Waals surface area contributed by atoms with Crippen LogP contribution in [-0.4, -0.2) is 4.98 Å². The van der Waals surface area contributed by atoms with Gasteiger partial charge in [0, 0.05) is 16.0 Å². The zero-order valence-corrected chi connectivity index (χ0v) is 15.3. The SMILES string of the molecule is N#C/C(=C/C=C\c1ccccc1)c1nc(-c2ccc(Cl)cc2Cl)cs1. The van der Waals surface area contributed by atoms with E-state index in [1.807, 2.05) is 53.9 Å². The number of halogens is 2. The molecular weight excluding hydrogens is 371 g/mol. The molecule has 122 valence electrons. The van der Waals surface area contributed by atoms with Gasteiger partial charge >= 0.3 is 0 Å². The fourth-order valence-corrected chi connectivity index (χ4v) is 3.49. The molecule has 0 amide bonds. The Kier molecular flexibility index (Phi) is 5.67. The molecule has 0 saturated heterocycles. The van der Waals surface area contributed by atoms with Crippen molar-refractivity contribution >= 4 is 46.2 Å². The molecule has 0 saturated carbocycles. The van der Waals surface area contributed by atoms with E-state index >= 15 is 0 Å². The second-order valence-electron chi connectivity index (χ2n) is 5.12. The van der Waals surface area contributed by atoms with Gasteiger partial charge in [-0.05, 0) is 29.8 Å². The van der Waals surface area contributed by atoms with Gasteiger partial charge in [-0.3, -0.25) is 0 Å². The number of hydrogen-bond donors (Lipinski definition) is 0. The average molecular weight is 383 g/mol. The van der Waals surface area contributed by atoms with Gasteiger partial charge in [-0.25, -0.2) is 4.98 Å². The minimum atomic E-state index is 0.508. The van der Waals surface area contributed by atoms with E-state index < -0.39 is 0 Å². The van der Waals surface area contributed by atoms with Crippen molar-refractivity contribution in [2.24, 2.45) is 0 Å². The van der Waals surface area contributed by atoms with E-state index in [0.717, 1.165) is 16.8 Å². The van der Waals surface area contributed by atoms with Crippen LogP contribution in [0.5, 0.6) is 0 Å². The molecule has 0 fully saturated rings. The molecule has 1 aromatic heterocycles. The Labute approximate surface area is 160 Å². The third kappa shape index (κ3) is 4.37. The van der Waals surface area contributed by atoms with Gasteiger partial charge in [-0.2, -0.15) is 5.26 Å². The zero-order chi connectivity index (χ0) is 17.6. The van der Waals surface area contributed by atoms with E-state index in [4.69, 9.17) is 23.2 Å². The summed E-state index contributed by atoms with van der Waals surface area (Å²) in [6.45, 7) is 0. The number of hydrogen-bond acceptors (Lipinski definition) is 3. The number of nitriles is 1. The van der Waals surface area contributed by atoms with Crippen LogP contribution in [0.3, 0.4) is 0 Å². The predicted octanol–water partition coefficient (Wildman–Crippen LogP) is 6.74. The Morgan fingerprint density at radius 2 is 1.92 bits per heavy atom. The predicted molar refractivity (Wildman–Crippen MR) is 107 cm³/mol. The van der Waals surface area contributed by atoms with Gasteiger partial charge in [0.05, 0.1) is 16.3 Å². The number of benzene rings is 2. The highest BCUT2D eigenvalue weighted by atomic mass is 35.5. The minimum Gasteiger partial charge on any atom is -0.235 e. The van der Waals surface area contributed by atoms with Gasteiger partial charge in [0.15, 0.2) is 0 Å². The molecule has 0 spiro atoms. The molecule has 1 heterocycles. The van der Waals surface area contributed by atoms with E-state index in [-0.39, 0.29) is 0 Å². The molecular formula is C20H12Cl2N2S. The first-order valence-electron chi connectivity index (χ1n) is 7.42. The quantitative estimate of drug-likeness (QED) is 0.370. The van der Waals surface area contributed by atoms with Crippen molar-refractivity contribution in [2.75, 3.05) is 0 Å². The molecule has 2 aromatic carbocycles. The average Bonchev–Trinajstić information content (AvgIpc) is 3.09. The van der Waals surface area contributed by atoms with E-state index in [2.05, 4.69) is 11.1 Å². The van der Waals surface area contributed by atoms with E-state index in [0.29, 0.717) is 20.6 Å². The first kappa shape index (κ1) is 17.4. The maximum atomic E-state index is 9.42. The van der Waals surface area contributed by atoms with Crippen LogP contribution in [0, 0.1) is 11.3 Å². The smallest absolute Gasteiger partial charge is 0.134 e. The topological polar surface area (TPSA) is 36.7 Å². The summed E-state index contributed by atoms with van der Waals surface area (Å²) in [6, 6.07) is 17.4. The molecule has 0 aliphatic rings. The molecule has 0 bridgehead atoms. The number of aromatic nitrogens is 1. The van der Waals surface area contributed by atoms with Crippen LogP contribution in [-0.2, 0) is 0 Å². The molecule has 3 rings (SSSR count). The van der Waals surface area contributed by atoms with Crippen LogP contribution in [0.2, 0.25) is 10.0 Å². The first-order valence-corrected chi connectivity index (χ1v) is 9.06. The normalized spacial score (nSPS) is 11.6. The van der Waals surface area contributed by atoms with Crippen molar-refractivity contribution in [3.05, 3.63) is 86.7 Å². The van der Waals surface area contributed by atoms with E-state index in [1.54, 1.807) is 18.2 Å². The molecule has 3 aromatic rings. The molecule has 0 aliphatic heterocycles. The number of rotatable bonds is 4. The lowest BCUT2D eigenvalue weighted by Crippen LogP contribution is -1.83. The molecule has 25 heavy (non-hydrogen) atoms. The number of thiazole rings is 1. The summed E-state index contributed by atoms with van der Waals surface area (Å²) in [5, 5.41) is 13.1. The second kappa shape index (κ2) is 8.13. The number of allylic oxidation sites excluding steroid dienone is 3. The van der Waals surface area contributed by atoms with Crippen molar-refractivity contribution in [3.63, 3.8) is 0 Å². The lowest BCUT2D eigenvalue weighted by molar-refractivity contribution is 1.37. The van der Waals surface area contributed by atoms with Crippen molar-refractivity contribution in [3.8, 4) is 17.3 Å². The highest BCUT2D eigenvalue weighted by Gasteiger charge is 2.11. The molecule has 0 atom stereocenters. The standard InChI is InChI=1S/C20H12Cl2N2S/c21-16-9-10-17(18(22)11-16)19-13-25-20(24-19)15(12-23)8-4-7-14-5-2-1-3-6-14/h1-11,13H/b7-4-,15-8-. The van der Waals surface area contributed by atoms with Crippen LogP contribution in [0.4, 0.5) is 0 Å². The first-order chi connectivity index (χ1) is 12.2. The van der Waals surface area contributed by atoms with Crippen LogP contribution < -0.4 is 0 Å². The Balaban J connectivity index is 1.85. The molecule has 0 N–H and O–H groups in total. The summed E-state index contributed by atoms with van der Waals surface area (Å²) in [7, 11) is 0. The molecule has 2 nitrogen and oxygen atoms in total. The van der Waals surface area contributed by atoms with Crippen molar-refractivity contribution < 1.29 is 0 Å². The summed E-state index contributed by atoms with van der Waals surface area (Å²) in [4.78, 5) is 4.53. The van der Waals surface area contributed by atoms with Crippen LogP contribution in [0.15, 0.2) is 66.1 Å². The summed E-state index contributed by atoms with van der Waals surface area (Å²) in [6.07, 6.45) is 5.56. The third-order valence-corrected chi connectivity index (χ3v) is 4.84. The maximum absolute atomic E-state index is 9.42. The second-order valence-corrected chi connectivity index (χ2v) is 6.83. The lowest BCUT2D eigenvalue weighted by atomic mass is 10.2. The molecule has 0 unspecified atom stereocenters. The Hall–Kier alpha value is -2.38. The van der Waals surface area contributed by atoms with Crippen molar-refractivity contribution in [2.45, 2.75) is 0 Å². The highest BCUT2D eigenvalue weighted by Crippen LogP contribution is 2.32. The van der Waals surface area contributed by atoms with E-state index in [9.17, 15) is 5.26 Å². The summed E-state index contributed by atoms with van der Waals surface area (Å²) in [5.41, 5.74) is 3.11. The van der Waals surface area contributed by atoms with Gasteiger partial charge in [-0.1, -0.05) is 65.7 Å². The van der Waals surface area contributed by atoms with Crippen molar-refractivity contribution in [1.29, 1.82) is 5.26 Å². The monoisotopic (exact) mass is 382 g/mol. The van der Waals surface area contributed by atoms with Crippen LogP contribution in [0.1, 0.15) is 10.6 Å². The van der Waals surface area contributed by atoms with Gasteiger partial charge in [-0.15, -0.1) is 11.3 Å². The maximum Gasteiger partial charge on any atom is 0.134 e. The third-order valence-electron chi connectivity index (χ3n) is 3.41. The van der Waals surface area contributed by atoms with Gasteiger partial charge in [0.1, 0.15) is 11.1 Å². The summed E-state index contributed by atoms with van der Waals surface area (Å²) >= 11 is 13.6. The van der Waals surface area contributed by atoms with Crippen LogP contribution in [0.25, 0.3) is 22.9 Å². The molecule has 5 heteroatoms. The minimum absolute atomic E-state index is 0.508. The Bertz CT molecular complexity index is 982. The highest BCUT2D eigenvalue weighted by molar-refractivity contribution is 7.11.